The molecule has 1 aliphatic rings. The summed E-state index contributed by atoms with van der Waals surface area (Å²) in [7, 11) is 0. The molecule has 1 heterocycles. The molecule has 0 saturated heterocycles. The lowest BCUT2D eigenvalue weighted by Gasteiger charge is -2.32. The van der Waals surface area contributed by atoms with Crippen molar-refractivity contribution < 1.29 is 14.3 Å². The molecule has 0 saturated carbocycles. The maximum absolute atomic E-state index is 12.5. The Kier molecular flexibility index (Phi) is 4.68. The van der Waals surface area contributed by atoms with E-state index >= 15 is 0 Å². The molecule has 130 valence electrons. The van der Waals surface area contributed by atoms with Crippen LogP contribution in [-0.4, -0.2) is 24.5 Å². The van der Waals surface area contributed by atoms with E-state index in [0.717, 1.165) is 11.1 Å². The topological polar surface area (TPSA) is 58.6 Å². The van der Waals surface area contributed by atoms with Crippen molar-refractivity contribution in [1.29, 1.82) is 0 Å². The fourth-order valence-electron chi connectivity index (χ4n) is 2.78. The Balaban J connectivity index is 1.82. The molecule has 0 aliphatic carbocycles. The van der Waals surface area contributed by atoms with Crippen LogP contribution in [0.1, 0.15) is 18.1 Å². The number of nitrogens with zero attached hydrogens (tertiary/aromatic N) is 1. The van der Waals surface area contributed by atoms with Crippen LogP contribution in [0.2, 0.25) is 5.02 Å². The van der Waals surface area contributed by atoms with Crippen LogP contribution >= 0.6 is 11.6 Å². The van der Waals surface area contributed by atoms with E-state index in [1.54, 1.807) is 25.1 Å². The number of hydrogen-bond acceptors (Lipinski definition) is 3. The Labute approximate surface area is 151 Å². The van der Waals surface area contributed by atoms with Gasteiger partial charge in [-0.1, -0.05) is 17.7 Å². The highest BCUT2D eigenvalue weighted by atomic mass is 35.5. The van der Waals surface area contributed by atoms with Gasteiger partial charge in [0.2, 0.25) is 5.91 Å². The molecule has 6 heteroatoms. The highest BCUT2D eigenvalue weighted by Crippen LogP contribution is 2.34. The van der Waals surface area contributed by atoms with Crippen LogP contribution in [0.5, 0.6) is 5.75 Å². The van der Waals surface area contributed by atoms with Gasteiger partial charge in [0.15, 0.2) is 6.10 Å². The summed E-state index contributed by atoms with van der Waals surface area (Å²) in [6.45, 7) is 5.39. The summed E-state index contributed by atoms with van der Waals surface area (Å²) in [5, 5.41) is 3.44. The zero-order chi connectivity index (χ0) is 18.1. The number of benzene rings is 2. The van der Waals surface area contributed by atoms with Crippen LogP contribution in [0.15, 0.2) is 36.4 Å². The number of aryl methyl sites for hydroxylation is 2. The van der Waals surface area contributed by atoms with Crippen molar-refractivity contribution in [3.8, 4) is 5.75 Å². The number of fused-ring (bicyclic) bond motifs is 1. The number of carbonyl (C=O) groups is 2. The Morgan fingerprint density at radius 2 is 2.00 bits per heavy atom. The smallest absolute Gasteiger partial charge is 0.268 e. The third kappa shape index (κ3) is 3.61. The van der Waals surface area contributed by atoms with Gasteiger partial charge < -0.3 is 10.1 Å². The molecule has 0 fully saturated rings. The number of anilines is 2. The Bertz CT molecular complexity index is 851. The third-order valence-corrected chi connectivity index (χ3v) is 4.32. The van der Waals surface area contributed by atoms with E-state index in [9.17, 15) is 9.59 Å². The second-order valence-corrected chi connectivity index (χ2v) is 6.60. The number of carbonyl (C=O) groups excluding carboxylic acids is 2. The number of rotatable bonds is 3. The van der Waals surface area contributed by atoms with Gasteiger partial charge in [-0.05, 0) is 62.2 Å². The van der Waals surface area contributed by atoms with E-state index in [1.165, 1.54) is 4.90 Å². The van der Waals surface area contributed by atoms with Gasteiger partial charge in [-0.3, -0.25) is 14.5 Å². The largest absolute Gasteiger partial charge is 0.479 e. The number of nitrogens with one attached hydrogen (secondary N) is 1. The Morgan fingerprint density at radius 3 is 2.72 bits per heavy atom. The molecule has 2 aromatic rings. The molecule has 2 amide bonds. The first kappa shape index (κ1) is 17.3. The van der Waals surface area contributed by atoms with Crippen LogP contribution in [0.4, 0.5) is 11.4 Å². The van der Waals surface area contributed by atoms with Gasteiger partial charge in [0.25, 0.3) is 5.91 Å². The van der Waals surface area contributed by atoms with Crippen molar-refractivity contribution in [3.63, 3.8) is 0 Å². The maximum Gasteiger partial charge on any atom is 0.268 e. The van der Waals surface area contributed by atoms with Crippen LogP contribution in [0, 0.1) is 13.8 Å². The van der Waals surface area contributed by atoms with E-state index in [1.807, 2.05) is 32.0 Å². The predicted molar refractivity (Wildman–Crippen MR) is 98.4 cm³/mol. The highest BCUT2D eigenvalue weighted by molar-refractivity contribution is 6.30. The molecule has 1 atom stereocenters. The molecule has 1 unspecified atom stereocenters. The first-order valence-electron chi connectivity index (χ1n) is 8.00. The van der Waals surface area contributed by atoms with Gasteiger partial charge in [0.05, 0.1) is 5.69 Å². The molecule has 25 heavy (non-hydrogen) atoms. The first-order valence-corrected chi connectivity index (χ1v) is 8.37. The zero-order valence-electron chi connectivity index (χ0n) is 14.3. The number of halogens is 1. The van der Waals surface area contributed by atoms with Crippen LogP contribution in [0.3, 0.4) is 0 Å². The molecule has 0 bridgehead atoms. The van der Waals surface area contributed by atoms with Gasteiger partial charge in [-0.25, -0.2) is 0 Å². The number of amides is 2. The molecule has 1 N–H and O–H groups in total. The summed E-state index contributed by atoms with van der Waals surface area (Å²) in [4.78, 5) is 26.5. The van der Waals surface area contributed by atoms with Crippen LogP contribution in [-0.2, 0) is 9.59 Å². The summed E-state index contributed by atoms with van der Waals surface area (Å²) >= 11 is 5.94. The van der Waals surface area contributed by atoms with Crippen LogP contribution in [0.25, 0.3) is 0 Å². The monoisotopic (exact) mass is 358 g/mol. The molecular formula is C19H19ClN2O3. The molecule has 0 radical (unpaired) electrons. The van der Waals surface area contributed by atoms with E-state index in [0.29, 0.717) is 22.1 Å². The summed E-state index contributed by atoms with van der Waals surface area (Å²) < 4.78 is 5.62. The third-order valence-electron chi connectivity index (χ3n) is 4.09. The quantitative estimate of drug-likeness (QED) is 0.909. The molecule has 3 rings (SSSR count). The van der Waals surface area contributed by atoms with Crippen LogP contribution < -0.4 is 15.0 Å². The lowest BCUT2D eigenvalue weighted by atomic mass is 10.1. The molecule has 1 aliphatic heterocycles. The van der Waals surface area contributed by atoms with E-state index in [4.69, 9.17) is 16.3 Å². The maximum atomic E-state index is 12.5. The first-order chi connectivity index (χ1) is 11.8. The average Bonchev–Trinajstić information content (AvgIpc) is 2.55. The average molecular weight is 359 g/mol. The fourth-order valence-corrected chi connectivity index (χ4v) is 3.01. The minimum atomic E-state index is -0.625. The molecule has 5 nitrogen and oxygen atoms in total. The minimum absolute atomic E-state index is 0.0783. The normalized spacial score (nSPS) is 16.2. The summed E-state index contributed by atoms with van der Waals surface area (Å²) in [5.74, 6) is 0.0922. The Morgan fingerprint density at radius 1 is 1.24 bits per heavy atom. The van der Waals surface area contributed by atoms with Crippen molar-refractivity contribution in [3.05, 3.63) is 52.5 Å². The second-order valence-electron chi connectivity index (χ2n) is 6.16. The van der Waals surface area contributed by atoms with Crippen molar-refractivity contribution in [2.75, 3.05) is 16.8 Å². The number of hydrogen-bond donors (Lipinski definition) is 1. The standard InChI is InChI=1S/C19H19ClN2O3/c1-11-4-7-17-16(8-11)22(19(24)13(3)25-17)10-18(23)21-15-6-5-14(20)9-12(15)2/h4-9,13H,10H2,1-3H3,(H,21,23). The minimum Gasteiger partial charge on any atom is -0.479 e. The fraction of sp³-hybridized carbons (Fsp3) is 0.263. The van der Waals surface area contributed by atoms with Gasteiger partial charge in [-0.15, -0.1) is 0 Å². The molecule has 0 spiro atoms. The van der Waals surface area contributed by atoms with Gasteiger partial charge >= 0.3 is 0 Å². The molecule has 2 aromatic carbocycles. The van der Waals surface area contributed by atoms with E-state index < -0.39 is 6.10 Å². The lowest BCUT2D eigenvalue weighted by Crippen LogP contribution is -2.47. The van der Waals surface area contributed by atoms with Gasteiger partial charge in [-0.2, -0.15) is 0 Å². The molecule has 0 aromatic heterocycles. The van der Waals surface area contributed by atoms with Gasteiger partial charge in [0.1, 0.15) is 12.3 Å². The molecular weight excluding hydrogens is 340 g/mol. The predicted octanol–water partition coefficient (Wildman–Crippen LogP) is 3.71. The highest BCUT2D eigenvalue weighted by Gasteiger charge is 2.32. The summed E-state index contributed by atoms with van der Waals surface area (Å²) in [6, 6.07) is 10.8. The SMILES string of the molecule is Cc1ccc2c(c1)N(CC(=O)Nc1ccc(Cl)cc1C)C(=O)C(C)O2. The summed E-state index contributed by atoms with van der Waals surface area (Å²) in [5.41, 5.74) is 3.14. The number of ether oxygens (including phenoxy) is 1. The second kappa shape index (κ2) is 6.76. The van der Waals surface area contributed by atoms with Crippen molar-refractivity contribution in [2.24, 2.45) is 0 Å². The van der Waals surface area contributed by atoms with E-state index in [-0.39, 0.29) is 18.4 Å². The van der Waals surface area contributed by atoms with E-state index in [2.05, 4.69) is 5.32 Å². The van der Waals surface area contributed by atoms with Crippen molar-refractivity contribution in [2.45, 2.75) is 26.9 Å². The zero-order valence-corrected chi connectivity index (χ0v) is 15.1. The van der Waals surface area contributed by atoms with Crippen molar-refractivity contribution >= 4 is 34.8 Å². The lowest BCUT2D eigenvalue weighted by molar-refractivity contribution is -0.127. The van der Waals surface area contributed by atoms with Crippen molar-refractivity contribution in [1.82, 2.24) is 0 Å². The summed E-state index contributed by atoms with van der Waals surface area (Å²) in [6.07, 6.45) is -0.625. The van der Waals surface area contributed by atoms with Gasteiger partial charge in [0, 0.05) is 10.7 Å². The Hall–Kier alpha value is -2.53.